The third kappa shape index (κ3) is 6.17. The summed E-state index contributed by atoms with van der Waals surface area (Å²) in [6, 6.07) is 11.4. The molecule has 6 nitrogen and oxygen atoms in total. The van der Waals surface area contributed by atoms with Crippen molar-refractivity contribution < 1.29 is 17.9 Å². The molecular formula is C28H38Cl2N2O4S. The molecule has 3 rings (SSSR count). The molecule has 0 spiro atoms. The molecule has 1 saturated carbocycles. The fourth-order valence-corrected chi connectivity index (χ4v) is 7.26. The molecule has 1 fully saturated rings. The zero-order valence-electron chi connectivity index (χ0n) is 22.7. The summed E-state index contributed by atoms with van der Waals surface area (Å²) in [4.78, 5) is 17.1. The van der Waals surface area contributed by atoms with E-state index in [1.54, 1.807) is 47.4 Å². The Morgan fingerprint density at radius 3 is 2.24 bits per heavy atom. The first-order chi connectivity index (χ1) is 17.1. The molecule has 9 heteroatoms. The predicted octanol–water partition coefficient (Wildman–Crippen LogP) is 6.05. The molecule has 204 valence electrons. The van der Waals surface area contributed by atoms with Gasteiger partial charge < -0.3 is 14.5 Å². The van der Waals surface area contributed by atoms with Gasteiger partial charge in [0.05, 0.1) is 28.8 Å². The van der Waals surface area contributed by atoms with Crippen molar-refractivity contribution in [2.24, 2.45) is 11.3 Å². The van der Waals surface area contributed by atoms with Gasteiger partial charge >= 0.3 is 0 Å². The van der Waals surface area contributed by atoms with Crippen LogP contribution in [-0.4, -0.2) is 59.1 Å². The largest absolute Gasteiger partial charge is 0.380 e. The molecule has 0 aliphatic heterocycles. The molecule has 0 bridgehead atoms. The van der Waals surface area contributed by atoms with Crippen molar-refractivity contribution in [3.63, 3.8) is 0 Å². The Balaban J connectivity index is 2.03. The number of hydrogen-bond acceptors (Lipinski definition) is 5. The van der Waals surface area contributed by atoms with Crippen LogP contribution in [0.15, 0.2) is 47.4 Å². The van der Waals surface area contributed by atoms with Crippen molar-refractivity contribution in [3.05, 3.63) is 58.1 Å². The maximum absolute atomic E-state index is 14.0. The minimum absolute atomic E-state index is 0.0563. The normalized spacial score (nSPS) is 19.9. The number of rotatable bonds is 10. The second-order valence-corrected chi connectivity index (χ2v) is 14.4. The van der Waals surface area contributed by atoms with Crippen molar-refractivity contribution in [1.29, 1.82) is 0 Å². The van der Waals surface area contributed by atoms with E-state index in [0.29, 0.717) is 40.9 Å². The van der Waals surface area contributed by atoms with E-state index in [-0.39, 0.29) is 22.8 Å². The summed E-state index contributed by atoms with van der Waals surface area (Å²) < 4.78 is 32.8. The SMILES string of the molecule is CC(C)N(C(=O)C(C)(C)C)c1ccc(C2(S(=O)(=O)c3ccc(Cl)cc3)CC2COCCN(C)C)cc1Cl. The van der Waals surface area contributed by atoms with Crippen molar-refractivity contribution in [3.8, 4) is 0 Å². The van der Waals surface area contributed by atoms with Crippen LogP contribution in [0, 0.1) is 11.3 Å². The summed E-state index contributed by atoms with van der Waals surface area (Å²) in [6.07, 6.45) is 0.421. The number of sulfone groups is 1. The quantitative estimate of drug-likeness (QED) is 0.326. The Kier molecular flexibility index (Phi) is 9.08. The van der Waals surface area contributed by atoms with Crippen LogP contribution in [0.1, 0.15) is 46.6 Å². The molecule has 1 amide bonds. The maximum Gasteiger partial charge on any atom is 0.232 e. The van der Waals surface area contributed by atoms with Gasteiger partial charge in [-0.3, -0.25) is 4.79 Å². The number of amides is 1. The lowest BCUT2D eigenvalue weighted by molar-refractivity contribution is -0.126. The minimum atomic E-state index is -3.79. The summed E-state index contributed by atoms with van der Waals surface area (Å²) >= 11 is 12.8. The molecule has 0 heterocycles. The molecule has 37 heavy (non-hydrogen) atoms. The molecule has 2 atom stereocenters. The van der Waals surface area contributed by atoms with Crippen LogP contribution in [0.2, 0.25) is 10.0 Å². The van der Waals surface area contributed by atoms with Gasteiger partial charge in [0.25, 0.3) is 0 Å². The molecule has 0 saturated heterocycles. The number of anilines is 1. The molecule has 1 aliphatic rings. The molecule has 2 unspecified atom stereocenters. The van der Waals surface area contributed by atoms with E-state index < -0.39 is 20.0 Å². The smallest absolute Gasteiger partial charge is 0.232 e. The van der Waals surface area contributed by atoms with Gasteiger partial charge in [0, 0.05) is 28.9 Å². The Morgan fingerprint density at radius 2 is 1.73 bits per heavy atom. The number of carbonyl (C=O) groups excluding carboxylic acids is 1. The summed E-state index contributed by atoms with van der Waals surface area (Å²) in [5.41, 5.74) is 0.569. The lowest BCUT2D eigenvalue weighted by Gasteiger charge is -2.33. The molecular weight excluding hydrogens is 531 g/mol. The van der Waals surface area contributed by atoms with E-state index in [9.17, 15) is 13.2 Å². The van der Waals surface area contributed by atoms with E-state index in [2.05, 4.69) is 0 Å². The molecule has 1 aliphatic carbocycles. The van der Waals surface area contributed by atoms with E-state index in [1.807, 2.05) is 53.6 Å². The number of hydrogen-bond donors (Lipinski definition) is 0. The zero-order valence-corrected chi connectivity index (χ0v) is 25.0. The fourth-order valence-electron chi connectivity index (χ4n) is 4.58. The van der Waals surface area contributed by atoms with Gasteiger partial charge in [0.15, 0.2) is 9.84 Å². The monoisotopic (exact) mass is 568 g/mol. The second kappa shape index (κ2) is 11.2. The zero-order chi connectivity index (χ0) is 27.8. The first kappa shape index (κ1) is 29.9. The number of likely N-dealkylation sites (N-methyl/N-ethyl adjacent to an activating group) is 1. The Hall–Kier alpha value is -1.64. The molecule has 2 aromatic carbocycles. The van der Waals surface area contributed by atoms with Gasteiger partial charge in [0.2, 0.25) is 5.91 Å². The van der Waals surface area contributed by atoms with Crippen LogP contribution in [-0.2, 0) is 24.1 Å². The number of nitrogens with zero attached hydrogens (tertiary/aromatic N) is 2. The standard InChI is InChI=1S/C28H38Cl2N2O4S/c1-19(2)32(26(33)27(3,4)5)25-13-8-20(16-24(25)30)28(17-21(28)18-36-15-14-31(6)7)37(34,35)23-11-9-22(29)10-12-23/h8-13,16,19,21H,14-15,17-18H2,1-7H3. The van der Waals surface area contributed by atoms with Crippen LogP contribution in [0.4, 0.5) is 5.69 Å². The van der Waals surface area contributed by atoms with Gasteiger partial charge in [0.1, 0.15) is 4.75 Å². The number of benzene rings is 2. The Bertz CT molecular complexity index is 1220. The molecule has 0 radical (unpaired) electrons. The van der Waals surface area contributed by atoms with Gasteiger partial charge in [-0.25, -0.2) is 8.42 Å². The number of halogens is 2. The third-order valence-electron chi connectivity index (χ3n) is 6.73. The lowest BCUT2D eigenvalue weighted by atomic mass is 9.93. The van der Waals surface area contributed by atoms with E-state index in [1.165, 1.54) is 0 Å². The predicted molar refractivity (Wildman–Crippen MR) is 151 cm³/mol. The van der Waals surface area contributed by atoms with E-state index in [0.717, 1.165) is 6.54 Å². The van der Waals surface area contributed by atoms with Crippen molar-refractivity contribution in [1.82, 2.24) is 4.90 Å². The average Bonchev–Trinajstić information content (AvgIpc) is 3.53. The summed E-state index contributed by atoms with van der Waals surface area (Å²) in [7, 11) is 0.131. The fraction of sp³-hybridized carbons (Fsp3) is 0.536. The minimum Gasteiger partial charge on any atom is -0.380 e. The molecule has 0 N–H and O–H groups in total. The average molecular weight is 570 g/mol. The van der Waals surface area contributed by atoms with Crippen LogP contribution in [0.3, 0.4) is 0 Å². The van der Waals surface area contributed by atoms with Crippen LogP contribution < -0.4 is 4.90 Å². The van der Waals surface area contributed by atoms with Crippen molar-refractivity contribution in [2.45, 2.75) is 56.7 Å². The van der Waals surface area contributed by atoms with E-state index in [4.69, 9.17) is 27.9 Å². The second-order valence-electron chi connectivity index (χ2n) is 11.3. The third-order valence-corrected chi connectivity index (χ3v) is 9.87. The Labute approximate surface area is 231 Å². The summed E-state index contributed by atoms with van der Waals surface area (Å²) in [6.45, 7) is 11.0. The highest BCUT2D eigenvalue weighted by molar-refractivity contribution is 7.92. The van der Waals surface area contributed by atoms with Crippen LogP contribution in [0.25, 0.3) is 0 Å². The van der Waals surface area contributed by atoms with Crippen LogP contribution in [0.5, 0.6) is 0 Å². The summed E-state index contributed by atoms with van der Waals surface area (Å²) in [5, 5.41) is 0.811. The lowest BCUT2D eigenvalue weighted by Crippen LogP contribution is -2.44. The number of carbonyl (C=O) groups is 1. The maximum atomic E-state index is 14.0. The highest BCUT2D eigenvalue weighted by Crippen LogP contribution is 2.61. The van der Waals surface area contributed by atoms with Crippen LogP contribution >= 0.6 is 23.2 Å². The number of ether oxygens (including phenoxy) is 1. The van der Waals surface area contributed by atoms with Crippen molar-refractivity contribution >= 4 is 44.6 Å². The van der Waals surface area contributed by atoms with Gasteiger partial charge in [-0.1, -0.05) is 50.0 Å². The first-order valence-electron chi connectivity index (χ1n) is 12.5. The summed E-state index contributed by atoms with van der Waals surface area (Å²) in [5.74, 6) is -0.283. The first-order valence-corrected chi connectivity index (χ1v) is 14.7. The topological polar surface area (TPSA) is 66.9 Å². The molecule has 2 aromatic rings. The van der Waals surface area contributed by atoms with Gasteiger partial charge in [-0.15, -0.1) is 0 Å². The Morgan fingerprint density at radius 1 is 1.11 bits per heavy atom. The van der Waals surface area contributed by atoms with E-state index >= 15 is 0 Å². The molecule has 0 aromatic heterocycles. The highest BCUT2D eigenvalue weighted by atomic mass is 35.5. The van der Waals surface area contributed by atoms with Gasteiger partial charge in [-0.2, -0.15) is 0 Å². The highest BCUT2D eigenvalue weighted by Gasteiger charge is 2.65. The van der Waals surface area contributed by atoms with Gasteiger partial charge in [-0.05, 0) is 76.3 Å². The van der Waals surface area contributed by atoms with Crippen molar-refractivity contribution in [2.75, 3.05) is 38.8 Å².